The van der Waals surface area contributed by atoms with E-state index in [1.165, 1.54) is 10.4 Å². The molecule has 1 atom stereocenters. The predicted molar refractivity (Wildman–Crippen MR) is 76.2 cm³/mol. The van der Waals surface area contributed by atoms with Gasteiger partial charge in [0, 0.05) is 4.88 Å². The lowest BCUT2D eigenvalue weighted by Crippen LogP contribution is -2.59. The fourth-order valence-corrected chi connectivity index (χ4v) is 3.71. The van der Waals surface area contributed by atoms with Crippen molar-refractivity contribution in [3.8, 4) is 0 Å². The van der Waals surface area contributed by atoms with Crippen LogP contribution < -0.4 is 11.1 Å². The second kappa shape index (κ2) is 5.19. The van der Waals surface area contributed by atoms with E-state index < -0.39 is 5.54 Å². The van der Waals surface area contributed by atoms with Crippen LogP contribution in [0.25, 0.3) is 0 Å². The Morgan fingerprint density at radius 1 is 1.44 bits per heavy atom. The fourth-order valence-electron chi connectivity index (χ4n) is 2.72. The molecule has 0 bridgehead atoms. The van der Waals surface area contributed by atoms with Crippen LogP contribution in [0, 0.1) is 0 Å². The summed E-state index contributed by atoms with van der Waals surface area (Å²) in [7, 11) is 0. The molecule has 1 aromatic heterocycles. The summed E-state index contributed by atoms with van der Waals surface area (Å²) in [6.07, 6.45) is 6.12. The number of halogens is 1. The number of fused-ring (bicyclic) bond motifs is 1. The SMILES string of the molecule is Cl.NC1(C(=O)NC2CCCc3sccc32)CCC1. The molecular weight excluding hydrogens is 268 g/mol. The Kier molecular flexibility index (Phi) is 3.99. The largest absolute Gasteiger partial charge is 0.348 e. The number of nitrogens with two attached hydrogens (primary N) is 1. The van der Waals surface area contributed by atoms with Gasteiger partial charge in [-0.2, -0.15) is 0 Å². The van der Waals surface area contributed by atoms with Crippen LogP contribution in [0.2, 0.25) is 0 Å². The van der Waals surface area contributed by atoms with Crippen molar-refractivity contribution in [2.24, 2.45) is 5.73 Å². The molecule has 0 saturated heterocycles. The van der Waals surface area contributed by atoms with Gasteiger partial charge in [-0.1, -0.05) is 0 Å². The van der Waals surface area contributed by atoms with Gasteiger partial charge in [0.15, 0.2) is 0 Å². The molecule has 2 aliphatic rings. The standard InChI is InChI=1S/C13H18N2OS.ClH/c14-13(6-2-7-13)12(16)15-10-3-1-4-11-9(10)5-8-17-11;/h5,8,10H,1-4,6-7,14H2,(H,15,16);1H. The van der Waals surface area contributed by atoms with E-state index in [9.17, 15) is 4.79 Å². The van der Waals surface area contributed by atoms with Crippen molar-refractivity contribution in [3.63, 3.8) is 0 Å². The number of carbonyl (C=O) groups excluding carboxylic acids is 1. The first-order valence-corrected chi connectivity index (χ1v) is 7.23. The molecule has 1 amide bonds. The van der Waals surface area contributed by atoms with Crippen molar-refractivity contribution in [2.75, 3.05) is 0 Å². The van der Waals surface area contributed by atoms with Gasteiger partial charge >= 0.3 is 0 Å². The minimum absolute atomic E-state index is 0. The third-order valence-corrected chi connectivity index (χ3v) is 5.05. The highest BCUT2D eigenvalue weighted by Crippen LogP contribution is 2.35. The summed E-state index contributed by atoms with van der Waals surface area (Å²) in [6, 6.07) is 2.34. The zero-order chi connectivity index (χ0) is 11.9. The highest BCUT2D eigenvalue weighted by molar-refractivity contribution is 7.10. The number of amides is 1. The Hall–Kier alpha value is -0.580. The first-order chi connectivity index (χ1) is 8.19. The highest BCUT2D eigenvalue weighted by Gasteiger charge is 2.41. The molecule has 1 heterocycles. The molecule has 18 heavy (non-hydrogen) atoms. The zero-order valence-electron chi connectivity index (χ0n) is 10.3. The lowest BCUT2D eigenvalue weighted by Gasteiger charge is -2.38. The van der Waals surface area contributed by atoms with E-state index in [1.807, 2.05) is 0 Å². The number of hydrogen-bond donors (Lipinski definition) is 2. The highest BCUT2D eigenvalue weighted by atomic mass is 35.5. The molecule has 3 rings (SSSR count). The topological polar surface area (TPSA) is 55.1 Å². The maximum atomic E-state index is 12.1. The van der Waals surface area contributed by atoms with Gasteiger partial charge in [0.05, 0.1) is 11.6 Å². The predicted octanol–water partition coefficient (Wildman–Crippen LogP) is 2.54. The number of aryl methyl sites for hydroxylation is 1. The van der Waals surface area contributed by atoms with Crippen molar-refractivity contribution in [2.45, 2.75) is 50.1 Å². The van der Waals surface area contributed by atoms with Crippen molar-refractivity contribution in [3.05, 3.63) is 21.9 Å². The Balaban J connectivity index is 0.00000120. The maximum Gasteiger partial charge on any atom is 0.240 e. The Bertz CT molecular complexity index is 442. The molecule has 1 unspecified atom stereocenters. The molecular formula is C13H19ClN2OS. The summed E-state index contributed by atoms with van der Waals surface area (Å²) in [5.74, 6) is 0.0489. The molecule has 1 saturated carbocycles. The van der Waals surface area contributed by atoms with E-state index in [0.717, 1.165) is 38.5 Å². The van der Waals surface area contributed by atoms with E-state index in [-0.39, 0.29) is 24.4 Å². The monoisotopic (exact) mass is 286 g/mol. The molecule has 5 heteroatoms. The molecule has 2 aliphatic carbocycles. The number of rotatable bonds is 2. The van der Waals surface area contributed by atoms with Gasteiger partial charge in [-0.05, 0) is 55.5 Å². The Labute approximate surface area is 118 Å². The van der Waals surface area contributed by atoms with Crippen LogP contribution in [0.3, 0.4) is 0 Å². The van der Waals surface area contributed by atoms with E-state index in [1.54, 1.807) is 11.3 Å². The van der Waals surface area contributed by atoms with Crippen LogP contribution in [-0.4, -0.2) is 11.4 Å². The van der Waals surface area contributed by atoms with Crippen LogP contribution >= 0.6 is 23.7 Å². The lowest BCUT2D eigenvalue weighted by atomic mass is 9.76. The molecule has 0 aliphatic heterocycles. The summed E-state index contributed by atoms with van der Waals surface area (Å²) < 4.78 is 0. The van der Waals surface area contributed by atoms with E-state index in [4.69, 9.17) is 5.73 Å². The molecule has 1 aromatic rings. The zero-order valence-corrected chi connectivity index (χ0v) is 11.9. The van der Waals surface area contributed by atoms with Crippen LogP contribution in [-0.2, 0) is 11.2 Å². The van der Waals surface area contributed by atoms with Crippen molar-refractivity contribution in [1.29, 1.82) is 0 Å². The van der Waals surface area contributed by atoms with Crippen molar-refractivity contribution < 1.29 is 4.79 Å². The summed E-state index contributed by atoms with van der Waals surface area (Å²) >= 11 is 1.80. The first kappa shape index (κ1) is 13.8. The quantitative estimate of drug-likeness (QED) is 0.878. The minimum atomic E-state index is -0.576. The second-order valence-electron chi connectivity index (χ2n) is 5.23. The molecule has 0 radical (unpaired) electrons. The van der Waals surface area contributed by atoms with Gasteiger partial charge in [-0.25, -0.2) is 0 Å². The Morgan fingerprint density at radius 2 is 2.22 bits per heavy atom. The molecule has 0 spiro atoms. The van der Waals surface area contributed by atoms with E-state index in [2.05, 4.69) is 16.8 Å². The summed E-state index contributed by atoms with van der Waals surface area (Å²) in [5.41, 5.74) is 6.79. The molecule has 3 N–H and O–H groups in total. The Morgan fingerprint density at radius 3 is 2.89 bits per heavy atom. The summed E-state index contributed by atoms with van der Waals surface area (Å²) in [6.45, 7) is 0. The van der Waals surface area contributed by atoms with E-state index in [0.29, 0.717) is 0 Å². The van der Waals surface area contributed by atoms with Crippen LogP contribution in [0.1, 0.15) is 48.6 Å². The second-order valence-corrected chi connectivity index (χ2v) is 6.23. The fraction of sp³-hybridized carbons (Fsp3) is 0.615. The lowest BCUT2D eigenvalue weighted by molar-refractivity contribution is -0.130. The van der Waals surface area contributed by atoms with E-state index >= 15 is 0 Å². The molecule has 100 valence electrons. The first-order valence-electron chi connectivity index (χ1n) is 6.35. The third kappa shape index (κ3) is 2.29. The van der Waals surface area contributed by atoms with Gasteiger partial charge in [0.2, 0.25) is 5.91 Å². The van der Waals surface area contributed by atoms with Gasteiger partial charge in [0.1, 0.15) is 0 Å². The number of nitrogens with one attached hydrogen (secondary N) is 1. The molecule has 3 nitrogen and oxygen atoms in total. The van der Waals surface area contributed by atoms with Crippen molar-refractivity contribution >= 4 is 29.7 Å². The normalized spacial score (nSPS) is 24.4. The summed E-state index contributed by atoms with van der Waals surface area (Å²) in [5, 5.41) is 5.27. The molecule has 0 aromatic carbocycles. The van der Waals surface area contributed by atoms with Gasteiger partial charge < -0.3 is 11.1 Å². The van der Waals surface area contributed by atoms with Crippen LogP contribution in [0.4, 0.5) is 0 Å². The van der Waals surface area contributed by atoms with Gasteiger partial charge in [-0.3, -0.25) is 4.79 Å². The van der Waals surface area contributed by atoms with Crippen LogP contribution in [0.5, 0.6) is 0 Å². The third-order valence-electron chi connectivity index (χ3n) is 4.06. The van der Waals surface area contributed by atoms with Crippen LogP contribution in [0.15, 0.2) is 11.4 Å². The number of carbonyl (C=O) groups is 1. The average molecular weight is 287 g/mol. The number of hydrogen-bond acceptors (Lipinski definition) is 3. The van der Waals surface area contributed by atoms with Gasteiger partial charge in [0.25, 0.3) is 0 Å². The maximum absolute atomic E-state index is 12.1. The summed E-state index contributed by atoms with van der Waals surface area (Å²) in [4.78, 5) is 13.5. The van der Waals surface area contributed by atoms with Gasteiger partial charge in [-0.15, -0.1) is 23.7 Å². The minimum Gasteiger partial charge on any atom is -0.348 e. The smallest absolute Gasteiger partial charge is 0.240 e. The molecule has 1 fully saturated rings. The van der Waals surface area contributed by atoms with Crippen molar-refractivity contribution in [1.82, 2.24) is 5.32 Å². The number of thiophene rings is 1. The average Bonchev–Trinajstić information content (AvgIpc) is 2.75.